The highest BCUT2D eigenvalue weighted by Crippen LogP contribution is 2.32. The van der Waals surface area contributed by atoms with Gasteiger partial charge in [0, 0.05) is 19.5 Å². The third-order valence-corrected chi connectivity index (χ3v) is 3.60. The van der Waals surface area contributed by atoms with Crippen LogP contribution >= 0.6 is 0 Å². The quantitative estimate of drug-likeness (QED) is 0.921. The summed E-state index contributed by atoms with van der Waals surface area (Å²) < 4.78 is 42.5. The Hall–Kier alpha value is -2.06. The fourth-order valence-corrected chi connectivity index (χ4v) is 2.56. The number of nitrogens with zero attached hydrogens (tertiary/aromatic N) is 2. The summed E-state index contributed by atoms with van der Waals surface area (Å²) in [5.74, 6) is -3.19. The van der Waals surface area contributed by atoms with Crippen LogP contribution in [0.15, 0.2) is 10.8 Å². The van der Waals surface area contributed by atoms with Crippen molar-refractivity contribution in [1.82, 2.24) is 9.88 Å². The second-order valence-corrected chi connectivity index (χ2v) is 5.22. The highest BCUT2D eigenvalue weighted by molar-refractivity contribution is 5.93. The molecule has 1 atom stereocenters. The molecule has 1 amide bonds. The van der Waals surface area contributed by atoms with Gasteiger partial charge in [-0.3, -0.25) is 9.59 Å². The zero-order valence-corrected chi connectivity index (χ0v) is 11.6. The normalized spacial score (nSPS) is 19.2. The number of hydrogen-bond donors (Lipinski definition) is 1. The lowest BCUT2D eigenvalue weighted by molar-refractivity contribution is -0.153. The van der Waals surface area contributed by atoms with E-state index in [0.29, 0.717) is 25.8 Å². The van der Waals surface area contributed by atoms with Crippen LogP contribution in [0.3, 0.4) is 0 Å². The number of carbonyl (C=O) groups excluding carboxylic acids is 1. The largest absolute Gasteiger partial charge is 0.481 e. The van der Waals surface area contributed by atoms with Gasteiger partial charge in [0.25, 0.3) is 5.91 Å². The van der Waals surface area contributed by atoms with E-state index in [1.165, 1.54) is 4.90 Å². The zero-order valence-electron chi connectivity index (χ0n) is 11.6. The standard InChI is InChI=1S/C13H15F3N2O4/c14-13(15,16)11-10(17-7-22-11)12(21)18-5-1-2-8(6-18)3-4-9(19)20/h7-8H,1-6H2,(H,19,20)/t8-/m1/s1. The SMILES string of the molecule is O=C(O)CC[C@H]1CCCN(C(=O)c2ncoc2C(F)(F)F)C1. The molecule has 1 N–H and O–H groups in total. The van der Waals surface area contributed by atoms with Crippen LogP contribution in [0.1, 0.15) is 41.9 Å². The Balaban J connectivity index is 2.06. The van der Waals surface area contributed by atoms with Crippen molar-refractivity contribution in [3.05, 3.63) is 17.8 Å². The minimum Gasteiger partial charge on any atom is -0.481 e. The van der Waals surface area contributed by atoms with Gasteiger partial charge >= 0.3 is 12.1 Å². The van der Waals surface area contributed by atoms with Gasteiger partial charge in [0.2, 0.25) is 5.76 Å². The van der Waals surface area contributed by atoms with E-state index in [9.17, 15) is 22.8 Å². The molecule has 0 spiro atoms. The summed E-state index contributed by atoms with van der Waals surface area (Å²) in [6, 6.07) is 0. The monoisotopic (exact) mass is 320 g/mol. The number of rotatable bonds is 4. The molecule has 0 saturated carbocycles. The van der Waals surface area contributed by atoms with Crippen molar-refractivity contribution in [3.8, 4) is 0 Å². The summed E-state index contributed by atoms with van der Waals surface area (Å²) in [6.45, 7) is 0.558. The Labute approximate surface area is 123 Å². The van der Waals surface area contributed by atoms with Gasteiger partial charge in [0.15, 0.2) is 12.1 Å². The predicted molar refractivity (Wildman–Crippen MR) is 67.0 cm³/mol. The van der Waals surface area contributed by atoms with Crippen molar-refractivity contribution in [1.29, 1.82) is 0 Å². The lowest BCUT2D eigenvalue weighted by Gasteiger charge is -2.32. The number of carboxylic acids is 1. The molecule has 122 valence electrons. The number of aromatic nitrogens is 1. The lowest BCUT2D eigenvalue weighted by Crippen LogP contribution is -2.40. The zero-order chi connectivity index (χ0) is 16.3. The average molecular weight is 320 g/mol. The van der Waals surface area contributed by atoms with Crippen LogP contribution in [-0.2, 0) is 11.0 Å². The van der Waals surface area contributed by atoms with Crippen molar-refractivity contribution in [2.45, 2.75) is 31.9 Å². The van der Waals surface area contributed by atoms with E-state index in [1.54, 1.807) is 0 Å². The first kappa shape index (κ1) is 16.3. The second-order valence-electron chi connectivity index (χ2n) is 5.22. The van der Waals surface area contributed by atoms with Crippen molar-refractivity contribution in [2.24, 2.45) is 5.92 Å². The molecule has 1 fully saturated rings. The fraction of sp³-hybridized carbons (Fsp3) is 0.615. The van der Waals surface area contributed by atoms with Crippen molar-refractivity contribution in [3.63, 3.8) is 0 Å². The van der Waals surface area contributed by atoms with Crippen LogP contribution in [0.5, 0.6) is 0 Å². The van der Waals surface area contributed by atoms with Crippen LogP contribution in [0.4, 0.5) is 13.2 Å². The van der Waals surface area contributed by atoms with Crippen molar-refractivity contribution >= 4 is 11.9 Å². The molecule has 0 radical (unpaired) electrons. The molecule has 0 unspecified atom stereocenters. The minimum atomic E-state index is -4.78. The highest BCUT2D eigenvalue weighted by Gasteiger charge is 2.42. The molecule has 1 saturated heterocycles. The molecule has 0 bridgehead atoms. The minimum absolute atomic E-state index is 0.0234. The number of halogens is 3. The second kappa shape index (κ2) is 6.37. The molecule has 1 aliphatic rings. The van der Waals surface area contributed by atoms with Crippen molar-refractivity contribution < 1.29 is 32.3 Å². The number of likely N-dealkylation sites (tertiary alicyclic amines) is 1. The van der Waals surface area contributed by atoms with Gasteiger partial charge < -0.3 is 14.4 Å². The summed E-state index contributed by atoms with van der Waals surface area (Å²) in [5.41, 5.74) is -0.744. The number of amides is 1. The summed E-state index contributed by atoms with van der Waals surface area (Å²) in [5, 5.41) is 8.67. The van der Waals surface area contributed by atoms with E-state index in [4.69, 9.17) is 5.11 Å². The molecule has 2 rings (SSSR count). The molecule has 1 aromatic rings. The molecule has 22 heavy (non-hydrogen) atoms. The maximum Gasteiger partial charge on any atom is 0.452 e. The molecule has 9 heteroatoms. The maximum atomic E-state index is 12.7. The van der Waals surface area contributed by atoms with Gasteiger partial charge in [0.05, 0.1) is 0 Å². The molecule has 1 aromatic heterocycles. The van der Waals surface area contributed by atoms with Crippen LogP contribution < -0.4 is 0 Å². The van der Waals surface area contributed by atoms with Crippen LogP contribution in [0.2, 0.25) is 0 Å². The van der Waals surface area contributed by atoms with E-state index in [-0.39, 0.29) is 18.9 Å². The van der Waals surface area contributed by atoms with Crippen LogP contribution in [0.25, 0.3) is 0 Å². The molecule has 1 aliphatic heterocycles. The Bertz CT molecular complexity index is 556. The topological polar surface area (TPSA) is 83.6 Å². The summed E-state index contributed by atoms with van der Waals surface area (Å²) in [4.78, 5) is 27.4. The molecular weight excluding hydrogens is 305 g/mol. The maximum absolute atomic E-state index is 12.7. The van der Waals surface area contributed by atoms with Gasteiger partial charge in [-0.25, -0.2) is 4.98 Å². The van der Waals surface area contributed by atoms with Crippen LogP contribution in [-0.4, -0.2) is 40.0 Å². The third-order valence-electron chi connectivity index (χ3n) is 3.60. The van der Waals surface area contributed by atoms with Gasteiger partial charge in [-0.1, -0.05) is 0 Å². The Morgan fingerprint density at radius 3 is 2.82 bits per heavy atom. The molecular formula is C13H15F3N2O4. The van der Waals surface area contributed by atoms with E-state index >= 15 is 0 Å². The summed E-state index contributed by atoms with van der Waals surface area (Å²) in [6.07, 6.45) is -2.44. The number of carboxylic acid groups (broad SMARTS) is 1. The summed E-state index contributed by atoms with van der Waals surface area (Å²) in [7, 11) is 0. The highest BCUT2D eigenvalue weighted by atomic mass is 19.4. The molecule has 0 aliphatic carbocycles. The van der Waals surface area contributed by atoms with E-state index in [0.717, 1.165) is 6.42 Å². The number of carbonyl (C=O) groups is 2. The third kappa shape index (κ3) is 3.77. The number of piperidine rings is 1. The van der Waals surface area contributed by atoms with Gasteiger partial charge in [0.1, 0.15) is 0 Å². The Morgan fingerprint density at radius 2 is 2.18 bits per heavy atom. The van der Waals surface area contributed by atoms with Gasteiger partial charge in [-0.05, 0) is 25.2 Å². The van der Waals surface area contributed by atoms with Crippen molar-refractivity contribution in [2.75, 3.05) is 13.1 Å². The smallest absolute Gasteiger partial charge is 0.452 e. The van der Waals surface area contributed by atoms with Crippen LogP contribution in [0, 0.1) is 5.92 Å². The Morgan fingerprint density at radius 1 is 1.45 bits per heavy atom. The molecule has 6 nitrogen and oxygen atoms in total. The average Bonchev–Trinajstić information content (AvgIpc) is 2.94. The van der Waals surface area contributed by atoms with Gasteiger partial charge in [-0.15, -0.1) is 0 Å². The molecule has 0 aromatic carbocycles. The Kier molecular flexibility index (Phi) is 4.72. The fourth-order valence-electron chi connectivity index (χ4n) is 2.56. The number of hydrogen-bond acceptors (Lipinski definition) is 4. The van der Waals surface area contributed by atoms with E-state index in [2.05, 4.69) is 9.40 Å². The number of oxazole rings is 1. The van der Waals surface area contributed by atoms with Gasteiger partial charge in [-0.2, -0.15) is 13.2 Å². The first-order chi connectivity index (χ1) is 10.3. The van der Waals surface area contributed by atoms with E-state index < -0.39 is 29.5 Å². The molecule has 2 heterocycles. The predicted octanol–water partition coefficient (Wildman–Crippen LogP) is 2.41. The lowest BCUT2D eigenvalue weighted by atomic mass is 9.93. The number of aliphatic carboxylic acids is 1. The summed E-state index contributed by atoms with van der Waals surface area (Å²) >= 11 is 0. The first-order valence-corrected chi connectivity index (χ1v) is 6.80. The van der Waals surface area contributed by atoms with E-state index in [1.807, 2.05) is 0 Å². The number of alkyl halides is 3. The first-order valence-electron chi connectivity index (χ1n) is 6.80.